The van der Waals surface area contributed by atoms with Crippen LogP contribution in [0.25, 0.3) is 0 Å². The van der Waals surface area contributed by atoms with Crippen molar-refractivity contribution in [2.45, 2.75) is 32.2 Å². The summed E-state index contributed by atoms with van der Waals surface area (Å²) < 4.78 is 7.21. The number of aromatic nitrogens is 1. The Morgan fingerprint density at radius 3 is 2.68 bits per heavy atom. The van der Waals surface area contributed by atoms with Gasteiger partial charge in [-0.05, 0) is 37.0 Å². The number of pyridine rings is 1. The Hall–Kier alpha value is -2.54. The summed E-state index contributed by atoms with van der Waals surface area (Å²) in [4.78, 5) is 12.2. The quantitative estimate of drug-likeness (QED) is 0.703. The van der Waals surface area contributed by atoms with Gasteiger partial charge in [0.25, 0.3) is 5.56 Å². The Morgan fingerprint density at radius 2 is 1.91 bits per heavy atom. The summed E-state index contributed by atoms with van der Waals surface area (Å²) in [5, 5.41) is 8.54. The Bertz CT molecular complexity index is 671. The molecule has 0 aliphatic rings. The first kappa shape index (κ1) is 15.8. The normalized spacial score (nSPS) is 10.1. The summed E-state index contributed by atoms with van der Waals surface area (Å²) in [5.74, 6) is 0.382. The van der Waals surface area contributed by atoms with Crippen molar-refractivity contribution in [1.29, 1.82) is 5.26 Å². The number of nitrogens with zero attached hydrogens (tertiary/aromatic N) is 2. The van der Waals surface area contributed by atoms with Crippen molar-refractivity contribution in [3.63, 3.8) is 0 Å². The van der Waals surface area contributed by atoms with Gasteiger partial charge in [-0.25, -0.2) is 0 Å². The Morgan fingerprint density at radius 1 is 1.09 bits per heavy atom. The molecule has 0 saturated carbocycles. The van der Waals surface area contributed by atoms with Gasteiger partial charge in [0.1, 0.15) is 0 Å². The van der Waals surface area contributed by atoms with Crippen molar-refractivity contribution in [1.82, 2.24) is 4.57 Å². The van der Waals surface area contributed by atoms with Crippen LogP contribution in [-0.2, 0) is 13.0 Å². The number of unbranched alkanes of at least 4 members (excludes halogenated alkanes) is 1. The molecule has 1 aromatic carbocycles. The number of hydrogen-bond acceptors (Lipinski definition) is 3. The van der Waals surface area contributed by atoms with Crippen LogP contribution in [0.15, 0.2) is 53.5 Å². The van der Waals surface area contributed by atoms with Crippen LogP contribution in [0.2, 0.25) is 0 Å². The van der Waals surface area contributed by atoms with E-state index in [1.807, 2.05) is 18.2 Å². The average molecular weight is 296 g/mol. The average Bonchev–Trinajstić information content (AvgIpc) is 2.55. The van der Waals surface area contributed by atoms with Crippen LogP contribution in [0.4, 0.5) is 0 Å². The summed E-state index contributed by atoms with van der Waals surface area (Å²) in [6, 6.07) is 15.8. The van der Waals surface area contributed by atoms with E-state index in [-0.39, 0.29) is 5.56 Å². The van der Waals surface area contributed by atoms with Gasteiger partial charge in [-0.2, -0.15) is 5.26 Å². The molecular weight excluding hydrogens is 276 g/mol. The highest BCUT2D eigenvalue weighted by atomic mass is 16.5. The molecule has 0 atom stereocenters. The monoisotopic (exact) mass is 296 g/mol. The number of nitriles is 1. The summed E-state index contributed by atoms with van der Waals surface area (Å²) in [6.45, 7) is 1.07. The lowest BCUT2D eigenvalue weighted by Crippen LogP contribution is -2.21. The standard InChI is InChI=1S/C18H20N2O2/c19-12-4-5-13-20-14-6-11-17(18(20)21)22-15-7-10-16-8-2-1-3-9-16/h1-3,6,8-9,11,14H,4-5,7,10,13,15H2. The molecule has 0 radical (unpaired) electrons. The maximum absolute atomic E-state index is 12.2. The Labute approximate surface area is 130 Å². The molecule has 4 nitrogen and oxygen atoms in total. The van der Waals surface area contributed by atoms with Crippen molar-refractivity contribution in [2.75, 3.05) is 6.61 Å². The molecule has 0 bridgehead atoms. The molecule has 0 aliphatic carbocycles. The van der Waals surface area contributed by atoms with Crippen molar-refractivity contribution in [3.05, 3.63) is 64.6 Å². The zero-order valence-electron chi connectivity index (χ0n) is 12.6. The number of hydrogen-bond donors (Lipinski definition) is 0. The van der Waals surface area contributed by atoms with Gasteiger partial charge >= 0.3 is 0 Å². The highest BCUT2D eigenvalue weighted by Crippen LogP contribution is 2.06. The van der Waals surface area contributed by atoms with Gasteiger partial charge in [-0.1, -0.05) is 30.3 Å². The third kappa shape index (κ3) is 4.78. The summed E-state index contributed by atoms with van der Waals surface area (Å²) in [6.07, 6.45) is 4.66. The summed E-state index contributed by atoms with van der Waals surface area (Å²) >= 11 is 0. The maximum Gasteiger partial charge on any atom is 0.292 e. The maximum atomic E-state index is 12.2. The summed E-state index contributed by atoms with van der Waals surface area (Å²) in [5.41, 5.74) is 1.15. The van der Waals surface area contributed by atoms with E-state index in [1.54, 1.807) is 22.9 Å². The molecular formula is C18H20N2O2. The Kier molecular flexibility index (Phi) is 6.25. The fourth-order valence-corrected chi connectivity index (χ4v) is 2.23. The number of rotatable bonds is 8. The minimum Gasteiger partial charge on any atom is -0.488 e. The van der Waals surface area contributed by atoms with E-state index in [4.69, 9.17) is 10.00 Å². The summed E-state index contributed by atoms with van der Waals surface area (Å²) in [7, 11) is 0. The van der Waals surface area contributed by atoms with Gasteiger partial charge in [0, 0.05) is 19.2 Å². The predicted octanol–water partition coefficient (Wildman–Crippen LogP) is 3.16. The van der Waals surface area contributed by atoms with E-state index in [0.29, 0.717) is 31.7 Å². The van der Waals surface area contributed by atoms with Gasteiger partial charge < -0.3 is 9.30 Å². The third-order valence-corrected chi connectivity index (χ3v) is 3.38. The van der Waals surface area contributed by atoms with Crippen molar-refractivity contribution in [3.8, 4) is 11.8 Å². The number of ether oxygens (including phenoxy) is 1. The van der Waals surface area contributed by atoms with Crippen LogP contribution in [0.1, 0.15) is 24.8 Å². The topological polar surface area (TPSA) is 55.0 Å². The second-order valence-electron chi connectivity index (χ2n) is 5.07. The first-order chi connectivity index (χ1) is 10.8. The minimum atomic E-state index is -0.125. The smallest absolute Gasteiger partial charge is 0.292 e. The van der Waals surface area contributed by atoms with Crippen LogP contribution < -0.4 is 10.3 Å². The zero-order chi connectivity index (χ0) is 15.6. The molecule has 0 N–H and O–H groups in total. The largest absolute Gasteiger partial charge is 0.488 e. The fourth-order valence-electron chi connectivity index (χ4n) is 2.23. The lowest BCUT2D eigenvalue weighted by Gasteiger charge is -2.09. The first-order valence-electron chi connectivity index (χ1n) is 7.54. The van der Waals surface area contributed by atoms with E-state index in [2.05, 4.69) is 18.2 Å². The molecule has 0 fully saturated rings. The third-order valence-electron chi connectivity index (χ3n) is 3.38. The van der Waals surface area contributed by atoms with Gasteiger partial charge in [0.15, 0.2) is 5.75 Å². The van der Waals surface area contributed by atoms with Crippen LogP contribution >= 0.6 is 0 Å². The molecule has 114 valence electrons. The lowest BCUT2D eigenvalue weighted by molar-refractivity contribution is 0.304. The highest BCUT2D eigenvalue weighted by Gasteiger charge is 2.04. The second-order valence-corrected chi connectivity index (χ2v) is 5.07. The van der Waals surface area contributed by atoms with E-state index in [9.17, 15) is 4.79 Å². The van der Waals surface area contributed by atoms with Crippen molar-refractivity contribution >= 4 is 0 Å². The second kappa shape index (κ2) is 8.68. The number of aryl methyl sites for hydroxylation is 2. The zero-order valence-corrected chi connectivity index (χ0v) is 12.6. The van der Waals surface area contributed by atoms with E-state index < -0.39 is 0 Å². The lowest BCUT2D eigenvalue weighted by atomic mass is 10.1. The Balaban J connectivity index is 1.84. The molecule has 0 aliphatic heterocycles. The van der Waals surface area contributed by atoms with E-state index >= 15 is 0 Å². The molecule has 1 aromatic heterocycles. The van der Waals surface area contributed by atoms with Crippen LogP contribution in [0.3, 0.4) is 0 Å². The van der Waals surface area contributed by atoms with E-state index in [1.165, 1.54) is 5.56 Å². The molecule has 22 heavy (non-hydrogen) atoms. The van der Waals surface area contributed by atoms with Gasteiger partial charge in [0.2, 0.25) is 0 Å². The SMILES string of the molecule is N#CCCCn1cccc(OCCCc2ccccc2)c1=O. The molecule has 0 spiro atoms. The van der Waals surface area contributed by atoms with Crippen molar-refractivity contribution < 1.29 is 4.74 Å². The van der Waals surface area contributed by atoms with Crippen LogP contribution in [0.5, 0.6) is 5.75 Å². The number of benzene rings is 1. The molecule has 0 saturated heterocycles. The highest BCUT2D eigenvalue weighted by molar-refractivity contribution is 5.17. The van der Waals surface area contributed by atoms with Gasteiger partial charge in [-0.3, -0.25) is 4.79 Å². The molecule has 0 unspecified atom stereocenters. The predicted molar refractivity (Wildman–Crippen MR) is 85.8 cm³/mol. The molecule has 0 amide bonds. The molecule has 2 rings (SSSR count). The van der Waals surface area contributed by atoms with Crippen molar-refractivity contribution in [2.24, 2.45) is 0 Å². The van der Waals surface area contributed by atoms with Gasteiger partial charge in [-0.15, -0.1) is 0 Å². The van der Waals surface area contributed by atoms with Gasteiger partial charge in [0.05, 0.1) is 12.7 Å². The molecule has 2 aromatic rings. The minimum absolute atomic E-state index is 0.125. The van der Waals surface area contributed by atoms with E-state index in [0.717, 1.165) is 12.8 Å². The van der Waals surface area contributed by atoms with Crippen LogP contribution in [0, 0.1) is 11.3 Å². The first-order valence-corrected chi connectivity index (χ1v) is 7.54. The fraction of sp³-hybridized carbons (Fsp3) is 0.333. The molecule has 1 heterocycles. The van der Waals surface area contributed by atoms with Crippen LogP contribution in [-0.4, -0.2) is 11.2 Å². The molecule has 4 heteroatoms.